The Balaban J connectivity index is 1.49. The second-order valence-corrected chi connectivity index (χ2v) is 12.8. The van der Waals surface area contributed by atoms with Gasteiger partial charge in [-0.1, -0.05) is 75.2 Å². The minimum absolute atomic E-state index is 0.0445. The fourth-order valence-electron chi connectivity index (χ4n) is 6.88. The summed E-state index contributed by atoms with van der Waals surface area (Å²) < 4.78 is 0. The molecule has 0 spiro atoms. The van der Waals surface area contributed by atoms with Crippen molar-refractivity contribution in [2.24, 2.45) is 17.8 Å². The van der Waals surface area contributed by atoms with Crippen LogP contribution in [0.5, 0.6) is 0 Å². The van der Waals surface area contributed by atoms with Gasteiger partial charge in [0.05, 0.1) is 6.04 Å². The number of fused-ring (bicyclic) bond motifs is 1. The highest BCUT2D eigenvalue weighted by Crippen LogP contribution is 2.32. The quantitative estimate of drug-likeness (QED) is 0.396. The Bertz CT molecular complexity index is 1240. The number of nitrogens with one attached hydrogen (secondary N) is 1. The average molecular weight is 609 g/mol. The van der Waals surface area contributed by atoms with E-state index in [2.05, 4.69) is 49.2 Å². The van der Waals surface area contributed by atoms with E-state index in [1.807, 2.05) is 54.0 Å². The van der Waals surface area contributed by atoms with Crippen molar-refractivity contribution in [3.05, 3.63) is 70.2 Å². The number of amides is 3. The molecular formula is C35H49ClN4O3. The third kappa shape index (κ3) is 7.98. The Kier molecular flexibility index (Phi) is 11.7. The van der Waals surface area contributed by atoms with Crippen molar-refractivity contribution < 1.29 is 14.4 Å². The van der Waals surface area contributed by atoms with Crippen LogP contribution in [-0.4, -0.2) is 83.8 Å². The number of carbonyl (C=O) groups excluding carboxylic acids is 3. The van der Waals surface area contributed by atoms with Crippen LogP contribution in [0.1, 0.15) is 57.7 Å². The fourth-order valence-corrected chi connectivity index (χ4v) is 7.01. The molecule has 0 radical (unpaired) electrons. The number of halogens is 1. The standard InChI is InChI=1S/C35H49ClN4O3/c1-6-26-22-27-11-9-10-12-28(27)23-30(26)33(41)37-31(21-25-13-15-29(36)16-14-25)34(42)40-19-17-39(18-20-40)32(24(4)5)35(43)38(7-2)8-3/h9-16,24,26,30-32H,6-8,17-23H2,1-5H3,(H,37,41). The Morgan fingerprint density at radius 3 is 2.07 bits per heavy atom. The van der Waals surface area contributed by atoms with E-state index in [4.69, 9.17) is 11.6 Å². The van der Waals surface area contributed by atoms with Gasteiger partial charge in [-0.05, 0) is 67.3 Å². The molecule has 1 aliphatic carbocycles. The number of carbonyl (C=O) groups is 3. The van der Waals surface area contributed by atoms with Crippen LogP contribution < -0.4 is 5.32 Å². The van der Waals surface area contributed by atoms with Gasteiger partial charge in [0, 0.05) is 56.6 Å². The lowest BCUT2D eigenvalue weighted by atomic mass is 9.74. The molecule has 1 fully saturated rings. The lowest BCUT2D eigenvalue weighted by Crippen LogP contribution is -2.60. The molecule has 1 N–H and O–H groups in total. The second-order valence-electron chi connectivity index (χ2n) is 12.4. The molecule has 4 unspecified atom stereocenters. The topological polar surface area (TPSA) is 73.0 Å². The van der Waals surface area contributed by atoms with Crippen LogP contribution in [0.25, 0.3) is 0 Å². The van der Waals surface area contributed by atoms with E-state index in [0.717, 1.165) is 18.4 Å². The number of benzene rings is 2. The monoisotopic (exact) mass is 608 g/mol. The number of hydrogen-bond acceptors (Lipinski definition) is 4. The van der Waals surface area contributed by atoms with Crippen LogP contribution in [0.3, 0.4) is 0 Å². The van der Waals surface area contributed by atoms with Gasteiger partial charge in [-0.25, -0.2) is 0 Å². The molecule has 1 heterocycles. The van der Waals surface area contributed by atoms with E-state index in [9.17, 15) is 14.4 Å². The number of hydrogen-bond donors (Lipinski definition) is 1. The number of rotatable bonds is 11. The minimum atomic E-state index is -0.673. The molecule has 4 atom stereocenters. The molecule has 7 nitrogen and oxygen atoms in total. The molecule has 1 aliphatic heterocycles. The summed E-state index contributed by atoms with van der Waals surface area (Å²) in [5.41, 5.74) is 3.50. The largest absolute Gasteiger partial charge is 0.344 e. The molecule has 0 saturated carbocycles. The van der Waals surface area contributed by atoms with E-state index in [-0.39, 0.29) is 41.5 Å². The lowest BCUT2D eigenvalue weighted by molar-refractivity contribution is -0.143. The molecule has 4 rings (SSSR count). The van der Waals surface area contributed by atoms with Crippen molar-refractivity contribution in [1.82, 2.24) is 20.0 Å². The Morgan fingerprint density at radius 2 is 1.51 bits per heavy atom. The molecular weight excluding hydrogens is 560 g/mol. The van der Waals surface area contributed by atoms with Crippen LogP contribution in [0, 0.1) is 17.8 Å². The summed E-state index contributed by atoms with van der Waals surface area (Å²) in [6.45, 7) is 14.0. The summed E-state index contributed by atoms with van der Waals surface area (Å²) in [5.74, 6) is 0.281. The van der Waals surface area contributed by atoms with Crippen LogP contribution in [0.2, 0.25) is 5.02 Å². The summed E-state index contributed by atoms with van der Waals surface area (Å²) in [4.78, 5) is 47.3. The maximum absolute atomic E-state index is 14.1. The molecule has 1 saturated heterocycles. The smallest absolute Gasteiger partial charge is 0.245 e. The third-order valence-corrected chi connectivity index (χ3v) is 9.67. The van der Waals surface area contributed by atoms with Gasteiger partial charge in [0.15, 0.2) is 0 Å². The van der Waals surface area contributed by atoms with Gasteiger partial charge in [0.1, 0.15) is 6.04 Å². The maximum atomic E-state index is 14.1. The zero-order chi connectivity index (χ0) is 31.1. The number of nitrogens with zero attached hydrogens (tertiary/aromatic N) is 3. The highest BCUT2D eigenvalue weighted by molar-refractivity contribution is 6.30. The van der Waals surface area contributed by atoms with Crippen LogP contribution in [0.15, 0.2) is 48.5 Å². The van der Waals surface area contributed by atoms with Crippen molar-refractivity contribution in [3.63, 3.8) is 0 Å². The van der Waals surface area contributed by atoms with E-state index < -0.39 is 6.04 Å². The first-order valence-corrected chi connectivity index (χ1v) is 16.5. The molecule has 43 heavy (non-hydrogen) atoms. The highest BCUT2D eigenvalue weighted by atomic mass is 35.5. The van der Waals surface area contributed by atoms with Gasteiger partial charge < -0.3 is 15.1 Å². The first-order chi connectivity index (χ1) is 20.7. The predicted molar refractivity (Wildman–Crippen MR) is 173 cm³/mol. The van der Waals surface area contributed by atoms with Crippen LogP contribution in [-0.2, 0) is 33.6 Å². The van der Waals surface area contributed by atoms with Gasteiger partial charge in [0.2, 0.25) is 17.7 Å². The van der Waals surface area contributed by atoms with Crippen molar-refractivity contribution in [2.45, 2.75) is 72.4 Å². The zero-order valence-electron chi connectivity index (χ0n) is 26.5. The molecule has 8 heteroatoms. The van der Waals surface area contributed by atoms with Crippen molar-refractivity contribution in [2.75, 3.05) is 39.3 Å². The second kappa shape index (κ2) is 15.2. The maximum Gasteiger partial charge on any atom is 0.245 e. The molecule has 2 aromatic rings. The van der Waals surface area contributed by atoms with Gasteiger partial charge in [-0.15, -0.1) is 0 Å². The van der Waals surface area contributed by atoms with E-state index in [0.29, 0.717) is 57.1 Å². The molecule has 234 valence electrons. The molecule has 0 aromatic heterocycles. The average Bonchev–Trinajstić information content (AvgIpc) is 3.01. The SMILES string of the molecule is CCC1Cc2ccccc2CC1C(=O)NC(Cc1ccc(Cl)cc1)C(=O)N1CCN(C(C(=O)N(CC)CC)C(C)C)CC1. The Hall–Kier alpha value is -2.90. The summed E-state index contributed by atoms with van der Waals surface area (Å²) in [7, 11) is 0. The minimum Gasteiger partial charge on any atom is -0.344 e. The summed E-state index contributed by atoms with van der Waals surface area (Å²) >= 11 is 6.14. The van der Waals surface area contributed by atoms with Crippen LogP contribution >= 0.6 is 11.6 Å². The Labute approximate surface area is 262 Å². The van der Waals surface area contributed by atoms with Crippen molar-refractivity contribution in [3.8, 4) is 0 Å². The van der Waals surface area contributed by atoms with Gasteiger partial charge in [0.25, 0.3) is 0 Å². The first kappa shape index (κ1) is 33.0. The number of piperazine rings is 1. The van der Waals surface area contributed by atoms with Crippen molar-refractivity contribution in [1.29, 1.82) is 0 Å². The first-order valence-electron chi connectivity index (χ1n) is 16.1. The van der Waals surface area contributed by atoms with E-state index >= 15 is 0 Å². The summed E-state index contributed by atoms with van der Waals surface area (Å²) in [5, 5.41) is 3.84. The number of likely N-dealkylation sites (N-methyl/N-ethyl adjacent to an activating group) is 1. The normalized spacial score (nSPS) is 20.3. The lowest BCUT2D eigenvalue weighted by Gasteiger charge is -2.42. The third-order valence-electron chi connectivity index (χ3n) is 9.42. The highest BCUT2D eigenvalue weighted by Gasteiger charge is 2.38. The molecule has 2 aromatic carbocycles. The zero-order valence-corrected chi connectivity index (χ0v) is 27.3. The molecule has 3 amide bonds. The van der Waals surface area contributed by atoms with E-state index in [1.54, 1.807) is 0 Å². The Morgan fingerprint density at radius 1 is 0.907 bits per heavy atom. The van der Waals surface area contributed by atoms with E-state index in [1.165, 1.54) is 11.1 Å². The van der Waals surface area contributed by atoms with Gasteiger partial charge in [-0.2, -0.15) is 0 Å². The van der Waals surface area contributed by atoms with Crippen molar-refractivity contribution >= 4 is 29.3 Å². The van der Waals surface area contributed by atoms with Gasteiger partial charge >= 0.3 is 0 Å². The summed E-state index contributed by atoms with van der Waals surface area (Å²) in [6, 6.07) is 15.0. The molecule has 2 aliphatic rings. The van der Waals surface area contributed by atoms with Gasteiger partial charge in [-0.3, -0.25) is 19.3 Å². The predicted octanol–water partition coefficient (Wildman–Crippen LogP) is 4.85. The van der Waals surface area contributed by atoms with Crippen LogP contribution in [0.4, 0.5) is 0 Å². The molecule has 0 bridgehead atoms. The summed E-state index contributed by atoms with van der Waals surface area (Å²) in [6.07, 6.45) is 2.88. The fraction of sp³-hybridized carbons (Fsp3) is 0.571.